The van der Waals surface area contributed by atoms with E-state index in [9.17, 15) is 13.2 Å². The van der Waals surface area contributed by atoms with Crippen molar-refractivity contribution in [2.75, 3.05) is 26.2 Å². The highest BCUT2D eigenvalue weighted by atomic mass is 32.2. The minimum Gasteiger partial charge on any atom is -0.464 e. The maximum atomic E-state index is 13.4. The van der Waals surface area contributed by atoms with E-state index >= 15 is 0 Å². The Kier molecular flexibility index (Phi) is 10.0. The van der Waals surface area contributed by atoms with Crippen molar-refractivity contribution in [2.24, 2.45) is 11.8 Å². The second-order valence-electron chi connectivity index (χ2n) is 10.8. The van der Waals surface area contributed by atoms with Gasteiger partial charge >= 0.3 is 6.09 Å². The maximum Gasteiger partial charge on any atom is 0.410 e. The van der Waals surface area contributed by atoms with Gasteiger partial charge < -0.3 is 14.1 Å². The van der Waals surface area contributed by atoms with Crippen molar-refractivity contribution in [1.29, 1.82) is 0 Å². The summed E-state index contributed by atoms with van der Waals surface area (Å²) in [4.78, 5) is 14.6. The number of furan rings is 1. The number of amides is 1. The van der Waals surface area contributed by atoms with E-state index in [4.69, 9.17) is 9.15 Å². The molecule has 0 spiro atoms. The van der Waals surface area contributed by atoms with Crippen LogP contribution in [-0.4, -0.2) is 55.5 Å². The molecule has 7 nitrogen and oxygen atoms in total. The second-order valence-corrected chi connectivity index (χ2v) is 12.7. The van der Waals surface area contributed by atoms with Crippen LogP contribution in [0.1, 0.15) is 67.7 Å². The molecule has 0 aliphatic rings. The number of unbranched alkanes of at least 4 members (excludes halogenated alkanes) is 2. The van der Waals surface area contributed by atoms with Gasteiger partial charge in [-0.3, -0.25) is 0 Å². The number of sulfonamides is 1. The molecule has 0 atom stereocenters. The smallest absolute Gasteiger partial charge is 0.410 e. The summed E-state index contributed by atoms with van der Waals surface area (Å²) in [5.41, 5.74) is 0.141. The van der Waals surface area contributed by atoms with Gasteiger partial charge in [-0.25, -0.2) is 13.2 Å². The Balaban J connectivity index is 1.98. The molecule has 34 heavy (non-hydrogen) atoms. The van der Waals surface area contributed by atoms with Crippen LogP contribution in [0.3, 0.4) is 0 Å². The van der Waals surface area contributed by atoms with Crippen LogP contribution >= 0.6 is 0 Å². The second kappa shape index (κ2) is 12.1. The van der Waals surface area contributed by atoms with Crippen LogP contribution in [0.4, 0.5) is 4.79 Å². The lowest BCUT2D eigenvalue weighted by molar-refractivity contribution is 0.0225. The zero-order valence-electron chi connectivity index (χ0n) is 21.8. The number of rotatable bonds is 12. The molecule has 0 radical (unpaired) electrons. The topological polar surface area (TPSA) is 80.1 Å². The van der Waals surface area contributed by atoms with E-state index in [0.717, 1.165) is 24.6 Å². The van der Waals surface area contributed by atoms with Crippen LogP contribution in [0, 0.1) is 11.8 Å². The third kappa shape index (κ3) is 8.62. The molecule has 1 aromatic heterocycles. The monoisotopic (exact) mass is 494 g/mol. The molecule has 0 saturated carbocycles. The largest absolute Gasteiger partial charge is 0.464 e. The van der Waals surface area contributed by atoms with E-state index < -0.39 is 15.6 Å². The van der Waals surface area contributed by atoms with Gasteiger partial charge in [0.05, 0.1) is 11.2 Å². The predicted octanol–water partition coefficient (Wildman–Crippen LogP) is 6.14. The first-order valence-electron chi connectivity index (χ1n) is 12.2. The zero-order valence-corrected chi connectivity index (χ0v) is 22.7. The molecule has 1 heterocycles. The van der Waals surface area contributed by atoms with Gasteiger partial charge in [0.2, 0.25) is 10.0 Å². The Morgan fingerprint density at radius 1 is 0.971 bits per heavy atom. The van der Waals surface area contributed by atoms with Gasteiger partial charge in [-0.05, 0) is 69.7 Å². The maximum absolute atomic E-state index is 13.4. The van der Waals surface area contributed by atoms with Crippen molar-refractivity contribution in [3.05, 3.63) is 30.5 Å². The Morgan fingerprint density at radius 2 is 1.62 bits per heavy atom. The summed E-state index contributed by atoms with van der Waals surface area (Å²) < 4.78 is 39.2. The molecule has 0 aliphatic carbocycles. The lowest BCUT2D eigenvalue weighted by Gasteiger charge is -2.28. The summed E-state index contributed by atoms with van der Waals surface area (Å²) in [6.45, 7) is 15.9. The number of ether oxygens (including phenoxy) is 1. The summed E-state index contributed by atoms with van der Waals surface area (Å²) in [5.74, 6) is 0.549. The van der Waals surface area contributed by atoms with Gasteiger partial charge in [-0.1, -0.05) is 34.1 Å². The highest BCUT2D eigenvalue weighted by Crippen LogP contribution is 2.24. The molecule has 0 N–H and O–H groups in total. The highest BCUT2D eigenvalue weighted by Gasteiger charge is 2.26. The van der Waals surface area contributed by atoms with Gasteiger partial charge in [-0.2, -0.15) is 4.31 Å². The molecule has 0 aliphatic heterocycles. The van der Waals surface area contributed by atoms with Gasteiger partial charge in [0.25, 0.3) is 0 Å². The minimum atomic E-state index is -3.61. The lowest BCUT2D eigenvalue weighted by Crippen LogP contribution is -2.39. The molecule has 8 heteroatoms. The van der Waals surface area contributed by atoms with Crippen LogP contribution in [0.2, 0.25) is 0 Å². The fourth-order valence-electron chi connectivity index (χ4n) is 3.76. The number of hydrogen-bond acceptors (Lipinski definition) is 5. The number of nitrogens with zero attached hydrogens (tertiary/aromatic N) is 2. The van der Waals surface area contributed by atoms with Crippen LogP contribution in [0.15, 0.2) is 39.8 Å². The number of benzene rings is 1. The molecule has 192 valence electrons. The summed E-state index contributed by atoms with van der Waals surface area (Å²) in [5, 5.41) is 0.776. The van der Waals surface area contributed by atoms with E-state index in [1.165, 1.54) is 0 Å². The van der Waals surface area contributed by atoms with E-state index in [2.05, 4.69) is 13.8 Å². The third-order valence-electron chi connectivity index (χ3n) is 5.20. The van der Waals surface area contributed by atoms with E-state index in [1.54, 1.807) is 39.7 Å². The van der Waals surface area contributed by atoms with Crippen LogP contribution in [0.25, 0.3) is 11.0 Å². The van der Waals surface area contributed by atoms with Gasteiger partial charge in [-0.15, -0.1) is 0 Å². The quantitative estimate of drug-likeness (QED) is 0.331. The zero-order chi connectivity index (χ0) is 25.5. The number of fused-ring (bicyclic) bond motifs is 1. The highest BCUT2D eigenvalue weighted by molar-refractivity contribution is 7.89. The SMILES string of the molecule is CC(C)CN(CCCCCN(CC(C)C)S(=O)(=O)c1ccc2occc2c1)C(=O)OC(C)(C)C. The molecule has 0 bridgehead atoms. The summed E-state index contributed by atoms with van der Waals surface area (Å²) in [6, 6.07) is 6.76. The molecular formula is C26H42N2O5S. The van der Waals surface area contributed by atoms with E-state index in [0.29, 0.717) is 37.7 Å². The van der Waals surface area contributed by atoms with Crippen LogP contribution < -0.4 is 0 Å². The van der Waals surface area contributed by atoms with Crippen LogP contribution in [0.5, 0.6) is 0 Å². The molecule has 2 aromatic rings. The average Bonchev–Trinajstić information content (AvgIpc) is 3.17. The Morgan fingerprint density at radius 3 is 2.24 bits per heavy atom. The molecule has 2 rings (SSSR count). The van der Waals surface area contributed by atoms with Crippen LogP contribution in [-0.2, 0) is 14.8 Å². The Hall–Kier alpha value is -2.06. The van der Waals surface area contributed by atoms with Crippen molar-refractivity contribution in [3.63, 3.8) is 0 Å². The molecule has 1 aromatic carbocycles. The third-order valence-corrected chi connectivity index (χ3v) is 7.06. The predicted molar refractivity (Wildman–Crippen MR) is 136 cm³/mol. The molecule has 1 amide bonds. The van der Waals surface area contributed by atoms with E-state index in [1.807, 2.05) is 34.6 Å². The Bertz CT molecular complexity index is 1020. The van der Waals surface area contributed by atoms with Gasteiger partial charge in [0.15, 0.2) is 0 Å². The van der Waals surface area contributed by atoms with E-state index in [-0.39, 0.29) is 16.9 Å². The first-order valence-corrected chi connectivity index (χ1v) is 13.7. The first-order chi connectivity index (χ1) is 15.8. The number of hydrogen-bond donors (Lipinski definition) is 0. The van der Waals surface area contributed by atoms with Crippen molar-refractivity contribution >= 4 is 27.1 Å². The van der Waals surface area contributed by atoms with Gasteiger partial charge in [0.1, 0.15) is 11.2 Å². The first kappa shape index (κ1) is 28.2. The molecule has 0 saturated heterocycles. The van der Waals surface area contributed by atoms with Crippen molar-refractivity contribution < 1.29 is 22.4 Å². The fraction of sp³-hybridized carbons (Fsp3) is 0.654. The average molecular weight is 495 g/mol. The Labute approximate surface area is 205 Å². The minimum absolute atomic E-state index is 0.209. The number of carbonyl (C=O) groups excluding carboxylic acids is 1. The van der Waals surface area contributed by atoms with Crippen molar-refractivity contribution in [2.45, 2.75) is 78.2 Å². The molecular weight excluding hydrogens is 452 g/mol. The lowest BCUT2D eigenvalue weighted by atomic mass is 10.1. The molecule has 0 unspecified atom stereocenters. The fourth-order valence-corrected chi connectivity index (χ4v) is 5.44. The van der Waals surface area contributed by atoms with Crippen molar-refractivity contribution in [3.8, 4) is 0 Å². The standard InChI is InChI=1S/C26H42N2O5S/c1-20(2)18-27(25(29)33-26(5,6)7)14-9-8-10-15-28(19-21(3)4)34(30,31)23-11-12-24-22(17-23)13-16-32-24/h11-13,16-17,20-21H,8-10,14-15,18-19H2,1-7H3. The summed E-state index contributed by atoms with van der Waals surface area (Å²) >= 11 is 0. The van der Waals surface area contributed by atoms with Crippen molar-refractivity contribution in [1.82, 2.24) is 9.21 Å². The van der Waals surface area contributed by atoms with Gasteiger partial charge in [0, 0.05) is 31.6 Å². The summed E-state index contributed by atoms with van der Waals surface area (Å²) in [7, 11) is -3.61. The number of carbonyl (C=O) groups is 1. The summed E-state index contributed by atoms with van der Waals surface area (Å²) in [6.07, 6.45) is 3.61. The molecule has 0 fully saturated rings. The normalized spacial score (nSPS) is 12.8.